The van der Waals surface area contributed by atoms with Gasteiger partial charge in [0.25, 0.3) is 5.88 Å². The van der Waals surface area contributed by atoms with Crippen LogP contribution in [0.5, 0.6) is 17.4 Å². The standard InChI is InChI=1S/C25H27N3O6S/c1-5-34-24-23(33-3)13-11-18(26-24)21(15-35(4,30)31)28-20-12-10-16(14-19(20)27-25(28)29)17-8-6-7-9-22(17)32-2/h6-14,21H,5,15H2,1-4H3,(H,27,29)/t21-/m0/s1. The number of fused-ring (bicyclic) bond motifs is 1. The molecule has 0 aliphatic heterocycles. The largest absolute Gasteiger partial charge is 0.496 e. The zero-order valence-electron chi connectivity index (χ0n) is 19.9. The van der Waals surface area contributed by atoms with Crippen LogP contribution >= 0.6 is 0 Å². The third-order valence-corrected chi connectivity index (χ3v) is 6.52. The molecule has 9 nitrogen and oxygen atoms in total. The van der Waals surface area contributed by atoms with Crippen LogP contribution < -0.4 is 19.9 Å². The van der Waals surface area contributed by atoms with Crippen molar-refractivity contribution in [1.29, 1.82) is 0 Å². The molecule has 4 rings (SSSR count). The molecule has 2 aromatic carbocycles. The van der Waals surface area contributed by atoms with Crippen molar-refractivity contribution < 1.29 is 22.6 Å². The Labute approximate surface area is 203 Å². The van der Waals surface area contributed by atoms with Crippen LogP contribution in [0.2, 0.25) is 0 Å². The zero-order valence-corrected chi connectivity index (χ0v) is 20.8. The van der Waals surface area contributed by atoms with E-state index >= 15 is 0 Å². The Morgan fingerprint density at radius 1 is 1.03 bits per heavy atom. The highest BCUT2D eigenvalue weighted by Crippen LogP contribution is 2.33. The third-order valence-electron chi connectivity index (χ3n) is 5.60. The smallest absolute Gasteiger partial charge is 0.327 e. The molecule has 0 saturated carbocycles. The van der Waals surface area contributed by atoms with Crippen LogP contribution in [0.25, 0.3) is 22.2 Å². The first-order valence-electron chi connectivity index (χ1n) is 11.0. The van der Waals surface area contributed by atoms with Gasteiger partial charge in [0.1, 0.15) is 15.6 Å². The maximum absolute atomic E-state index is 13.1. The number of nitrogens with zero attached hydrogens (tertiary/aromatic N) is 2. The predicted octanol–water partition coefficient (Wildman–Crippen LogP) is 3.44. The average Bonchev–Trinajstić information content (AvgIpc) is 3.16. The van der Waals surface area contributed by atoms with Gasteiger partial charge in [-0.1, -0.05) is 24.3 Å². The molecule has 0 bridgehead atoms. The molecule has 184 valence electrons. The molecule has 4 aromatic rings. The second-order valence-corrected chi connectivity index (χ2v) is 10.2. The first kappa shape index (κ1) is 24.3. The van der Waals surface area contributed by atoms with Crippen molar-refractivity contribution in [3.05, 3.63) is 70.8 Å². The van der Waals surface area contributed by atoms with Crippen LogP contribution in [-0.4, -0.2) is 55.8 Å². The molecule has 2 aromatic heterocycles. The number of H-pyrrole nitrogens is 1. The van der Waals surface area contributed by atoms with E-state index in [1.165, 1.54) is 11.7 Å². The number of aromatic amines is 1. The van der Waals surface area contributed by atoms with Gasteiger partial charge in [-0.3, -0.25) is 4.57 Å². The summed E-state index contributed by atoms with van der Waals surface area (Å²) in [4.78, 5) is 20.5. The Balaban J connectivity index is 1.88. The fourth-order valence-corrected chi connectivity index (χ4v) is 4.99. The quantitative estimate of drug-likeness (QED) is 0.377. The van der Waals surface area contributed by atoms with Crippen LogP contribution in [0.1, 0.15) is 18.7 Å². The van der Waals surface area contributed by atoms with Gasteiger partial charge in [0.15, 0.2) is 5.75 Å². The number of ether oxygens (including phenoxy) is 3. The van der Waals surface area contributed by atoms with Gasteiger partial charge >= 0.3 is 5.69 Å². The van der Waals surface area contributed by atoms with Gasteiger partial charge in [0.2, 0.25) is 0 Å². The number of pyridine rings is 1. The topological polar surface area (TPSA) is 113 Å². The summed E-state index contributed by atoms with van der Waals surface area (Å²) in [6.07, 6.45) is 1.13. The van der Waals surface area contributed by atoms with Gasteiger partial charge in [-0.2, -0.15) is 0 Å². The number of hydrogen-bond donors (Lipinski definition) is 1. The molecule has 0 saturated heterocycles. The molecule has 2 heterocycles. The van der Waals surface area contributed by atoms with E-state index in [0.29, 0.717) is 34.8 Å². The molecule has 1 N–H and O–H groups in total. The van der Waals surface area contributed by atoms with Gasteiger partial charge in [-0.15, -0.1) is 0 Å². The Kier molecular flexibility index (Phi) is 6.83. The minimum Gasteiger partial charge on any atom is -0.496 e. The monoisotopic (exact) mass is 497 g/mol. The van der Waals surface area contributed by atoms with Gasteiger partial charge < -0.3 is 19.2 Å². The molecule has 35 heavy (non-hydrogen) atoms. The summed E-state index contributed by atoms with van der Waals surface area (Å²) < 4.78 is 42.5. The van der Waals surface area contributed by atoms with E-state index in [9.17, 15) is 13.2 Å². The highest BCUT2D eigenvalue weighted by Gasteiger charge is 2.26. The number of methoxy groups -OCH3 is 2. The molecule has 0 spiro atoms. The van der Waals surface area contributed by atoms with E-state index in [-0.39, 0.29) is 11.6 Å². The van der Waals surface area contributed by atoms with E-state index in [1.54, 1.807) is 25.3 Å². The first-order valence-corrected chi connectivity index (χ1v) is 13.0. The van der Waals surface area contributed by atoms with Crippen molar-refractivity contribution in [2.75, 3.05) is 32.8 Å². The Hall–Kier alpha value is -3.79. The summed E-state index contributed by atoms with van der Waals surface area (Å²) in [5.74, 6) is 1.03. The SMILES string of the molecule is CCOc1nc([C@H](CS(C)(=O)=O)n2c(=O)[nH]c3cc(-c4ccccc4OC)ccc32)ccc1OC. The number of rotatable bonds is 9. The molecule has 0 radical (unpaired) electrons. The lowest BCUT2D eigenvalue weighted by atomic mass is 10.0. The summed E-state index contributed by atoms with van der Waals surface area (Å²) in [7, 11) is -0.388. The molecular formula is C25H27N3O6S. The van der Waals surface area contributed by atoms with E-state index < -0.39 is 21.6 Å². The lowest BCUT2D eigenvalue weighted by Crippen LogP contribution is -2.29. The highest BCUT2D eigenvalue weighted by atomic mass is 32.2. The minimum absolute atomic E-state index is 0.234. The summed E-state index contributed by atoms with van der Waals surface area (Å²) in [6, 6.07) is 15.5. The van der Waals surface area contributed by atoms with Crippen LogP contribution in [0, 0.1) is 0 Å². The number of hydrogen-bond acceptors (Lipinski definition) is 7. The number of para-hydroxylation sites is 1. The van der Waals surface area contributed by atoms with E-state index in [4.69, 9.17) is 14.2 Å². The van der Waals surface area contributed by atoms with Crippen LogP contribution in [0.15, 0.2) is 59.4 Å². The van der Waals surface area contributed by atoms with Crippen LogP contribution in [0.4, 0.5) is 0 Å². The number of aromatic nitrogens is 3. The van der Waals surface area contributed by atoms with Crippen molar-refractivity contribution in [1.82, 2.24) is 14.5 Å². The molecule has 0 unspecified atom stereocenters. The Bertz CT molecular complexity index is 1520. The van der Waals surface area contributed by atoms with Gasteiger partial charge in [0, 0.05) is 11.8 Å². The summed E-state index contributed by atoms with van der Waals surface area (Å²) in [5.41, 5.74) is 2.77. The van der Waals surface area contributed by atoms with Gasteiger partial charge in [0.05, 0.1) is 49.3 Å². The second kappa shape index (κ2) is 9.83. The van der Waals surface area contributed by atoms with E-state index in [0.717, 1.165) is 17.4 Å². The fraction of sp³-hybridized carbons (Fsp3) is 0.280. The Morgan fingerprint density at radius 3 is 2.46 bits per heavy atom. The second-order valence-electron chi connectivity index (χ2n) is 8.02. The van der Waals surface area contributed by atoms with Crippen molar-refractivity contribution in [2.45, 2.75) is 13.0 Å². The number of sulfone groups is 1. The molecule has 10 heteroatoms. The normalized spacial score (nSPS) is 12.5. The summed E-state index contributed by atoms with van der Waals surface area (Å²) >= 11 is 0. The maximum atomic E-state index is 13.1. The van der Waals surface area contributed by atoms with Gasteiger partial charge in [-0.25, -0.2) is 18.2 Å². The highest BCUT2D eigenvalue weighted by molar-refractivity contribution is 7.90. The molecule has 0 aliphatic carbocycles. The van der Waals surface area contributed by atoms with Gasteiger partial charge in [-0.05, 0) is 42.8 Å². The average molecular weight is 498 g/mol. The van der Waals surface area contributed by atoms with Crippen LogP contribution in [0.3, 0.4) is 0 Å². The molecule has 1 atom stereocenters. The number of benzene rings is 2. The third kappa shape index (κ3) is 5.02. The van der Waals surface area contributed by atoms with Crippen molar-refractivity contribution in [2.24, 2.45) is 0 Å². The fourth-order valence-electron chi connectivity index (χ4n) is 4.09. The van der Waals surface area contributed by atoms with E-state index in [1.807, 2.05) is 43.3 Å². The number of imidazole rings is 1. The molecule has 0 aliphatic rings. The molecule has 0 amide bonds. The lowest BCUT2D eigenvalue weighted by Gasteiger charge is -2.19. The van der Waals surface area contributed by atoms with Crippen molar-refractivity contribution >= 4 is 20.9 Å². The first-order chi connectivity index (χ1) is 16.8. The van der Waals surface area contributed by atoms with E-state index in [2.05, 4.69) is 9.97 Å². The predicted molar refractivity (Wildman–Crippen MR) is 134 cm³/mol. The summed E-state index contributed by atoms with van der Waals surface area (Å²) in [5, 5.41) is 0. The van der Waals surface area contributed by atoms with Crippen LogP contribution in [-0.2, 0) is 9.84 Å². The maximum Gasteiger partial charge on any atom is 0.327 e. The van der Waals surface area contributed by atoms with Crippen molar-refractivity contribution in [3.63, 3.8) is 0 Å². The number of nitrogens with one attached hydrogen (secondary N) is 1. The lowest BCUT2D eigenvalue weighted by molar-refractivity contribution is 0.296. The summed E-state index contributed by atoms with van der Waals surface area (Å²) in [6.45, 7) is 2.16. The Morgan fingerprint density at radius 2 is 1.77 bits per heavy atom. The van der Waals surface area contributed by atoms with Crippen molar-refractivity contribution in [3.8, 4) is 28.5 Å². The minimum atomic E-state index is -3.49. The zero-order chi connectivity index (χ0) is 25.2. The molecular weight excluding hydrogens is 470 g/mol. The molecule has 0 fully saturated rings.